The van der Waals surface area contributed by atoms with E-state index in [0.717, 1.165) is 12.8 Å². The van der Waals surface area contributed by atoms with Crippen LogP contribution in [0.2, 0.25) is 0 Å². The molecule has 2 aromatic rings. The first kappa shape index (κ1) is 18.5. The third-order valence-corrected chi connectivity index (χ3v) is 5.99. The quantitative estimate of drug-likeness (QED) is 0.519. The van der Waals surface area contributed by atoms with Gasteiger partial charge in [0.05, 0.1) is 0 Å². The Morgan fingerprint density at radius 3 is 2.54 bits per heavy atom. The molecule has 0 N–H and O–H groups in total. The lowest BCUT2D eigenvalue weighted by Gasteiger charge is -2.17. The van der Waals surface area contributed by atoms with E-state index in [1.54, 1.807) is 5.57 Å². The van der Waals surface area contributed by atoms with E-state index in [1.807, 2.05) is 6.08 Å². The van der Waals surface area contributed by atoms with Gasteiger partial charge in [-0.25, -0.2) is 0 Å². The highest BCUT2D eigenvalue weighted by Crippen LogP contribution is 2.47. The first-order chi connectivity index (χ1) is 12.5. The molecule has 1 aliphatic carbocycles. The van der Waals surface area contributed by atoms with Crippen molar-refractivity contribution in [2.45, 2.75) is 39.5 Å². The molecule has 2 atom stereocenters. The highest BCUT2D eigenvalue weighted by molar-refractivity contribution is 6.32. The van der Waals surface area contributed by atoms with E-state index in [9.17, 15) is 0 Å². The predicted molar refractivity (Wildman–Crippen MR) is 119 cm³/mol. The normalized spacial score (nSPS) is 21.5. The van der Waals surface area contributed by atoms with Gasteiger partial charge in [0, 0.05) is 0 Å². The van der Waals surface area contributed by atoms with Crippen LogP contribution in [-0.2, 0) is 0 Å². The Morgan fingerprint density at radius 2 is 1.88 bits per heavy atom. The van der Waals surface area contributed by atoms with Crippen LogP contribution >= 0.6 is 0 Å². The Labute approximate surface area is 159 Å². The van der Waals surface area contributed by atoms with Gasteiger partial charge in [-0.3, -0.25) is 0 Å². The monoisotopic (exact) mass is 340 g/mol. The van der Waals surface area contributed by atoms with E-state index in [-0.39, 0.29) is 0 Å². The standard InChI is InChI=1S/C25H29B/c1-6-19-10-8-9-16(3)25(19)21-14-20(7-2)24(15-21)18(5)23-12-11-22(26)13-17(23)4/h6-13,20-21H,1-2,14-15,26H2,3-5H3/b24-18+. The van der Waals surface area contributed by atoms with Crippen molar-refractivity contribution in [1.29, 1.82) is 0 Å². The van der Waals surface area contributed by atoms with Gasteiger partial charge in [0.15, 0.2) is 0 Å². The summed E-state index contributed by atoms with van der Waals surface area (Å²) in [6.45, 7) is 14.9. The summed E-state index contributed by atoms with van der Waals surface area (Å²) < 4.78 is 0. The Bertz CT molecular complexity index is 885. The SMILES string of the molecule is Bc1ccc(/C(C)=C2\CC(c3c(C)cccc3C=C)CC2C=C)c(C)c1. The summed E-state index contributed by atoms with van der Waals surface area (Å²) in [5, 5.41) is 0. The second kappa shape index (κ2) is 7.54. The van der Waals surface area contributed by atoms with Crippen molar-refractivity contribution in [3.8, 4) is 0 Å². The molecule has 0 amide bonds. The zero-order valence-electron chi connectivity index (χ0n) is 16.6. The Morgan fingerprint density at radius 1 is 1.12 bits per heavy atom. The molecule has 0 spiro atoms. The van der Waals surface area contributed by atoms with E-state index >= 15 is 0 Å². The zero-order valence-corrected chi connectivity index (χ0v) is 16.6. The number of aryl methyl sites for hydroxylation is 2. The maximum atomic E-state index is 4.14. The average Bonchev–Trinajstić information content (AvgIpc) is 3.04. The molecular formula is C25H29B. The molecule has 132 valence electrons. The third-order valence-electron chi connectivity index (χ3n) is 5.99. The molecule has 1 saturated carbocycles. The maximum Gasteiger partial charge on any atom is 0.139 e. The van der Waals surface area contributed by atoms with Gasteiger partial charge in [0.2, 0.25) is 0 Å². The van der Waals surface area contributed by atoms with Gasteiger partial charge in [0.25, 0.3) is 0 Å². The first-order valence-corrected chi connectivity index (χ1v) is 9.58. The van der Waals surface area contributed by atoms with Crippen molar-refractivity contribution in [2.75, 3.05) is 0 Å². The summed E-state index contributed by atoms with van der Waals surface area (Å²) in [5.74, 6) is 1.00. The van der Waals surface area contributed by atoms with Crippen LogP contribution in [0.15, 0.2) is 61.2 Å². The summed E-state index contributed by atoms with van der Waals surface area (Å²) in [4.78, 5) is 0. The van der Waals surface area contributed by atoms with Gasteiger partial charge in [0.1, 0.15) is 7.85 Å². The van der Waals surface area contributed by atoms with Gasteiger partial charge in [-0.2, -0.15) is 0 Å². The van der Waals surface area contributed by atoms with Crippen molar-refractivity contribution in [3.63, 3.8) is 0 Å². The molecule has 1 aliphatic rings. The molecule has 2 unspecified atom stereocenters. The molecule has 1 fully saturated rings. The number of allylic oxidation sites excluding steroid dienone is 3. The van der Waals surface area contributed by atoms with Crippen LogP contribution in [0.1, 0.15) is 53.5 Å². The van der Waals surface area contributed by atoms with Crippen molar-refractivity contribution >= 4 is 25.0 Å². The molecular weight excluding hydrogens is 311 g/mol. The smallest absolute Gasteiger partial charge is 0.102 e. The lowest BCUT2D eigenvalue weighted by Crippen LogP contribution is -2.04. The molecule has 0 saturated heterocycles. The molecule has 0 heterocycles. The second-order valence-electron chi connectivity index (χ2n) is 7.73. The summed E-state index contributed by atoms with van der Waals surface area (Å²) >= 11 is 0. The van der Waals surface area contributed by atoms with Gasteiger partial charge < -0.3 is 0 Å². The van der Waals surface area contributed by atoms with Crippen LogP contribution in [-0.4, -0.2) is 7.85 Å². The molecule has 0 bridgehead atoms. The highest BCUT2D eigenvalue weighted by atomic mass is 14.4. The summed E-state index contributed by atoms with van der Waals surface area (Å²) in [6.07, 6.45) is 6.41. The zero-order chi connectivity index (χ0) is 18.8. The maximum absolute atomic E-state index is 4.14. The van der Waals surface area contributed by atoms with Gasteiger partial charge in [-0.15, -0.1) is 6.58 Å². The van der Waals surface area contributed by atoms with Gasteiger partial charge in [-0.1, -0.05) is 66.2 Å². The Balaban J connectivity index is 2.05. The van der Waals surface area contributed by atoms with Crippen molar-refractivity contribution in [2.24, 2.45) is 5.92 Å². The van der Waals surface area contributed by atoms with E-state index in [4.69, 9.17) is 0 Å². The van der Waals surface area contributed by atoms with Crippen molar-refractivity contribution in [3.05, 3.63) is 89.0 Å². The van der Waals surface area contributed by atoms with Crippen LogP contribution in [0.5, 0.6) is 0 Å². The summed E-state index contributed by atoms with van der Waals surface area (Å²) in [6, 6.07) is 13.3. The summed E-state index contributed by atoms with van der Waals surface area (Å²) in [7, 11) is 2.16. The van der Waals surface area contributed by atoms with Crippen molar-refractivity contribution in [1.82, 2.24) is 0 Å². The minimum Gasteiger partial charge on any atom is -0.102 e. The van der Waals surface area contributed by atoms with Gasteiger partial charge in [-0.05, 0) is 78.8 Å². The van der Waals surface area contributed by atoms with E-state index in [1.165, 1.54) is 38.9 Å². The van der Waals surface area contributed by atoms with Crippen LogP contribution in [0.25, 0.3) is 11.6 Å². The minimum absolute atomic E-state index is 0.456. The number of rotatable bonds is 4. The number of hydrogen-bond donors (Lipinski definition) is 0. The van der Waals surface area contributed by atoms with Crippen LogP contribution in [0.3, 0.4) is 0 Å². The predicted octanol–water partition coefficient (Wildman–Crippen LogP) is 5.36. The molecule has 0 nitrogen and oxygen atoms in total. The lowest BCUT2D eigenvalue weighted by molar-refractivity contribution is 0.672. The second-order valence-corrected chi connectivity index (χ2v) is 7.73. The lowest BCUT2D eigenvalue weighted by atomic mass is 9.87. The highest BCUT2D eigenvalue weighted by Gasteiger charge is 2.31. The molecule has 0 radical (unpaired) electrons. The van der Waals surface area contributed by atoms with Crippen LogP contribution in [0, 0.1) is 19.8 Å². The number of hydrogen-bond acceptors (Lipinski definition) is 0. The molecule has 3 rings (SSSR count). The largest absolute Gasteiger partial charge is 0.139 e. The molecule has 0 aliphatic heterocycles. The topological polar surface area (TPSA) is 0 Å². The van der Waals surface area contributed by atoms with Gasteiger partial charge >= 0.3 is 0 Å². The molecule has 0 aromatic heterocycles. The fraction of sp³-hybridized carbons (Fsp3) is 0.280. The number of benzene rings is 2. The molecule has 2 aromatic carbocycles. The minimum atomic E-state index is 0.456. The Hall–Kier alpha value is -2.28. The fourth-order valence-corrected chi connectivity index (χ4v) is 4.68. The van der Waals surface area contributed by atoms with Crippen molar-refractivity contribution < 1.29 is 0 Å². The molecule has 26 heavy (non-hydrogen) atoms. The van der Waals surface area contributed by atoms with E-state index in [2.05, 4.69) is 84.2 Å². The average molecular weight is 340 g/mol. The third kappa shape index (κ3) is 3.36. The fourth-order valence-electron chi connectivity index (χ4n) is 4.68. The van der Waals surface area contributed by atoms with E-state index in [0.29, 0.717) is 11.8 Å². The van der Waals surface area contributed by atoms with E-state index < -0.39 is 0 Å². The van der Waals surface area contributed by atoms with Crippen LogP contribution < -0.4 is 5.46 Å². The van der Waals surface area contributed by atoms with Crippen LogP contribution in [0.4, 0.5) is 0 Å². The Kier molecular flexibility index (Phi) is 5.37. The molecule has 1 heteroatoms. The first-order valence-electron chi connectivity index (χ1n) is 9.58. The summed E-state index contributed by atoms with van der Waals surface area (Å²) in [5.41, 5.74) is 11.2.